The van der Waals surface area contributed by atoms with Crippen molar-refractivity contribution in [3.05, 3.63) is 76.7 Å². The first kappa shape index (κ1) is 23.7. The molecule has 10 nitrogen and oxygen atoms in total. The van der Waals surface area contributed by atoms with E-state index in [1.54, 1.807) is 22.9 Å². The van der Waals surface area contributed by atoms with E-state index >= 15 is 0 Å². The number of rotatable bonds is 8. The fraction of sp³-hybridized carbons (Fsp3) is 0.222. The van der Waals surface area contributed by atoms with E-state index < -0.39 is 5.91 Å². The summed E-state index contributed by atoms with van der Waals surface area (Å²) < 4.78 is 15.7. The Morgan fingerprint density at radius 3 is 2.71 bits per heavy atom. The van der Waals surface area contributed by atoms with Crippen molar-refractivity contribution in [2.75, 3.05) is 10.6 Å². The van der Waals surface area contributed by atoms with Gasteiger partial charge in [-0.2, -0.15) is 19.6 Å². The molecule has 2 fully saturated rings. The highest BCUT2D eigenvalue weighted by Crippen LogP contribution is 2.29. The minimum atomic E-state index is -0.413. The van der Waals surface area contributed by atoms with Gasteiger partial charge in [-0.1, -0.05) is 30.3 Å². The zero-order chi connectivity index (χ0) is 26.2. The fourth-order valence-corrected chi connectivity index (χ4v) is 4.48. The van der Waals surface area contributed by atoms with Gasteiger partial charge in [0.15, 0.2) is 5.65 Å². The number of hydrogen-bond donors (Lipinski definition) is 4. The van der Waals surface area contributed by atoms with Gasteiger partial charge in [-0.15, -0.1) is 0 Å². The summed E-state index contributed by atoms with van der Waals surface area (Å²) >= 11 is 0. The van der Waals surface area contributed by atoms with Crippen LogP contribution in [0.4, 0.5) is 16.3 Å². The van der Waals surface area contributed by atoms with E-state index in [2.05, 4.69) is 31.0 Å². The third kappa shape index (κ3) is 4.71. The molecule has 38 heavy (non-hydrogen) atoms. The van der Waals surface area contributed by atoms with Gasteiger partial charge in [0, 0.05) is 30.3 Å². The average Bonchev–Trinajstić information content (AvgIpc) is 3.55. The summed E-state index contributed by atoms with van der Waals surface area (Å²) in [6.07, 6.45) is 5.33. The average molecular weight is 513 g/mol. The number of carbonyl (C=O) groups is 2. The molecule has 1 aliphatic carbocycles. The molecule has 2 aromatic heterocycles. The number of nitrogens with zero attached hydrogens (tertiary/aromatic N) is 4. The maximum absolute atomic E-state index is 14.1. The number of nitrogens with one attached hydrogen (secondary N) is 3. The van der Waals surface area contributed by atoms with Crippen LogP contribution in [0.25, 0.3) is 22.9 Å². The number of carbonyl (C=O) groups excluding carboxylic acids is 2. The highest BCUT2D eigenvalue weighted by molar-refractivity contribution is 6.15. The highest BCUT2D eigenvalue weighted by Gasteiger charge is 2.26. The number of nitrogens with two attached hydrogens (primary N) is 1. The molecule has 0 atom stereocenters. The molecule has 0 unspecified atom stereocenters. The molecule has 1 saturated heterocycles. The van der Waals surface area contributed by atoms with Gasteiger partial charge in [-0.25, -0.2) is 4.39 Å². The van der Waals surface area contributed by atoms with Crippen molar-refractivity contribution in [3.63, 3.8) is 0 Å². The predicted molar refractivity (Wildman–Crippen MR) is 140 cm³/mol. The molecular formula is C27H25FN8O2. The van der Waals surface area contributed by atoms with Gasteiger partial charge in [0.2, 0.25) is 17.8 Å². The van der Waals surface area contributed by atoms with Crippen LogP contribution in [0.15, 0.2) is 54.2 Å². The molecule has 6 rings (SSSR count). The van der Waals surface area contributed by atoms with Gasteiger partial charge < -0.3 is 16.4 Å². The number of halogens is 1. The molecule has 2 aliphatic rings. The highest BCUT2D eigenvalue weighted by atomic mass is 19.1. The van der Waals surface area contributed by atoms with Gasteiger partial charge in [0.05, 0.1) is 12.6 Å². The number of amides is 2. The Hall–Kier alpha value is -4.64. The molecule has 2 aromatic carbocycles. The van der Waals surface area contributed by atoms with E-state index in [4.69, 9.17) is 5.73 Å². The zero-order valence-corrected chi connectivity index (χ0v) is 20.4. The molecule has 0 spiro atoms. The molecule has 3 heterocycles. The first-order valence-electron chi connectivity index (χ1n) is 12.4. The van der Waals surface area contributed by atoms with Crippen LogP contribution < -0.4 is 21.7 Å². The van der Waals surface area contributed by atoms with Crippen LogP contribution in [0.3, 0.4) is 0 Å². The minimum Gasteiger partial charge on any atom is -0.351 e. The molecule has 2 amide bonds. The number of benzene rings is 2. The largest absolute Gasteiger partial charge is 0.351 e. The Balaban J connectivity index is 1.35. The third-order valence-electron chi connectivity index (χ3n) is 6.57. The predicted octanol–water partition coefficient (Wildman–Crippen LogP) is 3.01. The summed E-state index contributed by atoms with van der Waals surface area (Å²) in [5.74, 6) is -0.185. The Morgan fingerprint density at radius 2 is 1.95 bits per heavy atom. The van der Waals surface area contributed by atoms with E-state index in [-0.39, 0.29) is 24.7 Å². The monoisotopic (exact) mass is 512 g/mol. The van der Waals surface area contributed by atoms with E-state index in [0.29, 0.717) is 41.3 Å². The first-order valence-corrected chi connectivity index (χ1v) is 12.4. The first-order chi connectivity index (χ1) is 18.5. The van der Waals surface area contributed by atoms with Crippen molar-refractivity contribution < 1.29 is 14.0 Å². The van der Waals surface area contributed by atoms with Gasteiger partial charge in [-0.05, 0) is 53.3 Å². The third-order valence-corrected chi connectivity index (χ3v) is 6.57. The van der Waals surface area contributed by atoms with Crippen LogP contribution >= 0.6 is 0 Å². The minimum absolute atomic E-state index is 0.0151. The van der Waals surface area contributed by atoms with Crippen molar-refractivity contribution in [3.8, 4) is 11.1 Å². The van der Waals surface area contributed by atoms with E-state index in [1.165, 1.54) is 12.1 Å². The van der Waals surface area contributed by atoms with Crippen LogP contribution in [0.5, 0.6) is 0 Å². The summed E-state index contributed by atoms with van der Waals surface area (Å²) in [6, 6.07) is 12.6. The SMILES string of the molecule is NCc1ccc(F)cc1-c1ccccc1CNc1nc(NC2CC2)n2ncc(/C=C3\CC(=O)NC3=O)c2n1. The smallest absolute Gasteiger partial charge is 0.254 e. The number of hydrogen-bond acceptors (Lipinski definition) is 8. The lowest BCUT2D eigenvalue weighted by atomic mass is 9.95. The molecule has 4 aromatic rings. The van der Waals surface area contributed by atoms with Gasteiger partial charge in [0.1, 0.15) is 5.82 Å². The lowest BCUT2D eigenvalue weighted by molar-refractivity contribution is -0.124. The fourth-order valence-electron chi connectivity index (χ4n) is 4.48. The molecule has 5 N–H and O–H groups in total. The van der Waals surface area contributed by atoms with Gasteiger partial charge in [-0.3, -0.25) is 14.9 Å². The second-order valence-electron chi connectivity index (χ2n) is 9.36. The van der Waals surface area contributed by atoms with Crippen molar-refractivity contribution in [2.24, 2.45) is 5.73 Å². The normalized spacial score (nSPS) is 16.3. The number of anilines is 2. The maximum atomic E-state index is 14.1. The molecule has 1 aliphatic heterocycles. The van der Waals surface area contributed by atoms with E-state index in [1.807, 2.05) is 24.3 Å². The van der Waals surface area contributed by atoms with E-state index in [0.717, 1.165) is 35.1 Å². The summed E-state index contributed by atoms with van der Waals surface area (Å²) in [5.41, 5.74) is 10.7. The molecule has 0 radical (unpaired) electrons. The lowest BCUT2D eigenvalue weighted by Gasteiger charge is -2.15. The number of fused-ring (bicyclic) bond motifs is 1. The second kappa shape index (κ2) is 9.67. The Bertz CT molecular complexity index is 1610. The number of aromatic nitrogens is 4. The molecule has 1 saturated carbocycles. The Kier molecular flexibility index (Phi) is 6.04. The second-order valence-corrected chi connectivity index (χ2v) is 9.36. The summed E-state index contributed by atoms with van der Waals surface area (Å²) in [5, 5.41) is 13.4. The quantitative estimate of drug-likeness (QED) is 0.209. The van der Waals surface area contributed by atoms with Crippen molar-refractivity contribution in [2.45, 2.75) is 38.4 Å². The molecule has 192 valence electrons. The van der Waals surface area contributed by atoms with Crippen LogP contribution in [0.2, 0.25) is 0 Å². The molecule has 11 heteroatoms. The van der Waals surface area contributed by atoms with Crippen LogP contribution in [-0.4, -0.2) is 37.4 Å². The zero-order valence-electron chi connectivity index (χ0n) is 20.4. The van der Waals surface area contributed by atoms with Gasteiger partial charge >= 0.3 is 0 Å². The van der Waals surface area contributed by atoms with Crippen molar-refractivity contribution in [1.29, 1.82) is 0 Å². The van der Waals surface area contributed by atoms with Crippen molar-refractivity contribution in [1.82, 2.24) is 24.9 Å². The standard InChI is InChI=1S/C27H25FN8O2/c28-19-6-5-15(12-29)22(11-19)21-4-2-1-3-16(21)13-30-26-34-24-18(9-17-10-23(37)33-25(17)38)14-31-36(24)27(35-26)32-20-7-8-20/h1-6,9,11,14,20H,7-8,10,12-13,29H2,(H,33,37,38)(H2,30,32,34,35)/b17-9+. The Morgan fingerprint density at radius 1 is 1.11 bits per heavy atom. The Labute approximate surface area is 217 Å². The maximum Gasteiger partial charge on any atom is 0.254 e. The summed E-state index contributed by atoms with van der Waals surface area (Å²) in [4.78, 5) is 33.1. The van der Waals surface area contributed by atoms with Crippen molar-refractivity contribution >= 4 is 35.4 Å². The van der Waals surface area contributed by atoms with Crippen LogP contribution in [0.1, 0.15) is 36.0 Å². The van der Waals surface area contributed by atoms with E-state index in [9.17, 15) is 14.0 Å². The van der Waals surface area contributed by atoms with Crippen LogP contribution in [-0.2, 0) is 22.7 Å². The van der Waals surface area contributed by atoms with Crippen LogP contribution in [0, 0.1) is 5.82 Å². The molecular weight excluding hydrogens is 487 g/mol. The topological polar surface area (TPSA) is 139 Å². The van der Waals surface area contributed by atoms with Gasteiger partial charge in [0.25, 0.3) is 5.91 Å². The number of imide groups is 1. The molecule has 0 bridgehead atoms. The lowest BCUT2D eigenvalue weighted by Crippen LogP contribution is -2.19. The summed E-state index contributed by atoms with van der Waals surface area (Å²) in [6.45, 7) is 0.660. The summed E-state index contributed by atoms with van der Waals surface area (Å²) in [7, 11) is 0.